The molecule has 0 saturated carbocycles. The van der Waals surface area contributed by atoms with Crippen molar-refractivity contribution < 1.29 is 22.7 Å². The van der Waals surface area contributed by atoms with Crippen molar-refractivity contribution in [3.63, 3.8) is 0 Å². The summed E-state index contributed by atoms with van der Waals surface area (Å²) in [5.74, 6) is -0.649. The third-order valence-electron chi connectivity index (χ3n) is 5.59. The van der Waals surface area contributed by atoms with Crippen LogP contribution in [0.1, 0.15) is 21.7 Å². The summed E-state index contributed by atoms with van der Waals surface area (Å²) in [6, 6.07) is 6.98. The molecule has 0 spiro atoms. The van der Waals surface area contributed by atoms with Gasteiger partial charge in [0.1, 0.15) is 5.75 Å². The number of carbonyl (C=O) groups is 1. The lowest BCUT2D eigenvalue weighted by Crippen LogP contribution is -2.37. The Morgan fingerprint density at radius 1 is 1.06 bits per heavy atom. The van der Waals surface area contributed by atoms with Gasteiger partial charge in [-0.25, -0.2) is 9.78 Å². The van der Waals surface area contributed by atoms with Crippen LogP contribution >= 0.6 is 0 Å². The Labute approximate surface area is 190 Å². The van der Waals surface area contributed by atoms with Gasteiger partial charge in [-0.3, -0.25) is 18.7 Å². The van der Waals surface area contributed by atoms with Gasteiger partial charge in [0.2, 0.25) is 0 Å². The minimum absolute atomic E-state index is 0.131. The number of alkyl halides is 3. The van der Waals surface area contributed by atoms with E-state index in [9.17, 15) is 27.6 Å². The molecule has 0 N–H and O–H groups in total. The van der Waals surface area contributed by atoms with Gasteiger partial charge in [-0.15, -0.1) is 13.2 Å². The average molecular weight is 475 g/mol. The first kappa shape index (κ1) is 23.1. The van der Waals surface area contributed by atoms with Crippen molar-refractivity contribution in [3.05, 3.63) is 74.4 Å². The van der Waals surface area contributed by atoms with E-state index >= 15 is 0 Å². The van der Waals surface area contributed by atoms with E-state index in [4.69, 9.17) is 0 Å². The van der Waals surface area contributed by atoms with E-state index in [1.54, 1.807) is 24.5 Å². The molecule has 0 aliphatic carbocycles. The number of Topliss-reactive ketones (excluding diaryl/α,β-unsaturated/α-hetero) is 1. The number of carbonyl (C=O) groups excluding carboxylic acids is 1. The molecule has 3 heterocycles. The van der Waals surface area contributed by atoms with Crippen molar-refractivity contribution in [1.29, 1.82) is 0 Å². The number of aromatic nitrogens is 5. The number of hydrogen-bond donors (Lipinski definition) is 0. The topological polar surface area (TPSA) is 93.1 Å². The second-order valence-corrected chi connectivity index (χ2v) is 7.84. The lowest BCUT2D eigenvalue weighted by Gasteiger charge is -2.12. The van der Waals surface area contributed by atoms with Crippen LogP contribution in [0, 0.1) is 13.8 Å². The third-order valence-corrected chi connectivity index (χ3v) is 5.59. The molecule has 9 nitrogen and oxygen atoms in total. The molecule has 0 radical (unpaired) electrons. The molecule has 0 saturated heterocycles. The summed E-state index contributed by atoms with van der Waals surface area (Å²) in [6.07, 6.45) is -3.45. The van der Waals surface area contributed by atoms with E-state index in [2.05, 4.69) is 9.72 Å². The van der Waals surface area contributed by atoms with Gasteiger partial charge >= 0.3 is 12.1 Å². The van der Waals surface area contributed by atoms with E-state index in [1.807, 2.05) is 0 Å². The van der Waals surface area contributed by atoms with Crippen molar-refractivity contribution in [2.75, 3.05) is 0 Å². The quantitative estimate of drug-likeness (QED) is 0.414. The van der Waals surface area contributed by atoms with Gasteiger partial charge in [-0.2, -0.15) is 0 Å². The van der Waals surface area contributed by atoms with Crippen molar-refractivity contribution in [1.82, 2.24) is 23.3 Å². The van der Waals surface area contributed by atoms with Crippen molar-refractivity contribution in [3.8, 4) is 11.4 Å². The van der Waals surface area contributed by atoms with Crippen LogP contribution in [0.3, 0.4) is 0 Å². The molecule has 0 amide bonds. The van der Waals surface area contributed by atoms with Gasteiger partial charge in [0.25, 0.3) is 5.56 Å². The number of ketones is 1. The molecule has 1 aromatic carbocycles. The van der Waals surface area contributed by atoms with E-state index in [1.165, 1.54) is 53.8 Å². The molecular weight excluding hydrogens is 455 g/mol. The fourth-order valence-corrected chi connectivity index (χ4v) is 4.00. The van der Waals surface area contributed by atoms with Crippen molar-refractivity contribution in [2.24, 2.45) is 14.1 Å². The zero-order chi connectivity index (χ0) is 24.9. The molecule has 0 aliphatic rings. The van der Waals surface area contributed by atoms with Crippen molar-refractivity contribution in [2.45, 2.75) is 26.8 Å². The summed E-state index contributed by atoms with van der Waals surface area (Å²) in [5.41, 5.74) is 1.44. The molecule has 3 aromatic heterocycles. The first-order valence-corrected chi connectivity index (χ1v) is 10.1. The van der Waals surface area contributed by atoms with Crippen LogP contribution in [0.15, 0.2) is 46.2 Å². The smallest absolute Gasteiger partial charge is 0.406 e. The van der Waals surface area contributed by atoms with Crippen LogP contribution < -0.4 is 16.0 Å². The molecule has 12 heteroatoms. The number of imidazole rings is 1. The Bertz CT molecular complexity index is 1540. The summed E-state index contributed by atoms with van der Waals surface area (Å²) in [4.78, 5) is 42.0. The van der Waals surface area contributed by atoms with Gasteiger partial charge in [0.05, 0.1) is 12.9 Å². The molecule has 0 unspecified atom stereocenters. The summed E-state index contributed by atoms with van der Waals surface area (Å²) in [5, 5.41) is 0. The maximum atomic E-state index is 13.1. The van der Waals surface area contributed by atoms with Crippen LogP contribution in [0.25, 0.3) is 16.9 Å². The molecule has 0 aliphatic heterocycles. The maximum Gasteiger partial charge on any atom is 0.573 e. The number of aryl methyl sites for hydroxylation is 2. The third kappa shape index (κ3) is 3.91. The van der Waals surface area contributed by atoms with Crippen LogP contribution in [0.2, 0.25) is 0 Å². The summed E-state index contributed by atoms with van der Waals surface area (Å²) < 4.78 is 46.5. The van der Waals surface area contributed by atoms with E-state index < -0.39 is 17.6 Å². The largest absolute Gasteiger partial charge is 0.573 e. The van der Waals surface area contributed by atoms with Crippen LogP contribution in [0.4, 0.5) is 13.2 Å². The van der Waals surface area contributed by atoms with E-state index in [0.717, 1.165) is 4.57 Å². The zero-order valence-electron chi connectivity index (χ0n) is 18.7. The molecular formula is C22H20F3N5O4. The molecule has 0 fully saturated rings. The number of nitrogens with zero attached hydrogens (tertiary/aromatic N) is 5. The van der Waals surface area contributed by atoms with Gasteiger partial charge < -0.3 is 13.9 Å². The fourth-order valence-electron chi connectivity index (χ4n) is 4.00. The normalized spacial score (nSPS) is 11.9. The highest BCUT2D eigenvalue weighted by atomic mass is 19.4. The average Bonchev–Trinajstić information content (AvgIpc) is 3.31. The van der Waals surface area contributed by atoms with E-state index in [-0.39, 0.29) is 29.2 Å². The minimum atomic E-state index is -4.79. The van der Waals surface area contributed by atoms with Gasteiger partial charge in [0, 0.05) is 36.7 Å². The summed E-state index contributed by atoms with van der Waals surface area (Å²) in [6.45, 7) is 3.30. The van der Waals surface area contributed by atoms with Crippen LogP contribution in [0.5, 0.6) is 5.75 Å². The second-order valence-electron chi connectivity index (χ2n) is 7.84. The molecule has 4 rings (SSSR count). The second kappa shape index (κ2) is 8.04. The van der Waals surface area contributed by atoms with Gasteiger partial charge in [0.15, 0.2) is 16.9 Å². The number of rotatable bonds is 5. The molecule has 4 aromatic rings. The fraction of sp³-hybridized carbons (Fsp3) is 0.273. The first-order chi connectivity index (χ1) is 15.9. The van der Waals surface area contributed by atoms with E-state index in [0.29, 0.717) is 22.6 Å². The molecule has 178 valence electrons. The zero-order valence-corrected chi connectivity index (χ0v) is 18.7. The predicted molar refractivity (Wildman–Crippen MR) is 116 cm³/mol. The first-order valence-electron chi connectivity index (χ1n) is 10.1. The highest BCUT2D eigenvalue weighted by molar-refractivity contribution is 5.98. The molecule has 0 bridgehead atoms. The maximum absolute atomic E-state index is 13.1. The Morgan fingerprint density at radius 2 is 1.71 bits per heavy atom. The van der Waals surface area contributed by atoms with Crippen LogP contribution in [-0.4, -0.2) is 35.4 Å². The lowest BCUT2D eigenvalue weighted by atomic mass is 10.1. The van der Waals surface area contributed by atoms with Crippen molar-refractivity contribution >= 4 is 16.9 Å². The lowest BCUT2D eigenvalue weighted by molar-refractivity contribution is -0.274. The number of halogens is 3. The highest BCUT2D eigenvalue weighted by Crippen LogP contribution is 2.26. The van der Waals surface area contributed by atoms with Gasteiger partial charge in [-0.1, -0.05) is 0 Å². The predicted octanol–water partition coefficient (Wildman–Crippen LogP) is 2.62. The molecule has 34 heavy (non-hydrogen) atoms. The summed E-state index contributed by atoms with van der Waals surface area (Å²) >= 11 is 0. The summed E-state index contributed by atoms with van der Waals surface area (Å²) in [7, 11) is 2.84. The minimum Gasteiger partial charge on any atom is -0.406 e. The van der Waals surface area contributed by atoms with Crippen LogP contribution in [-0.2, 0) is 20.6 Å². The number of ether oxygens (including phenoxy) is 1. The Morgan fingerprint density at radius 3 is 2.32 bits per heavy atom. The standard InChI is InChI=1S/C22H20F3N5O4/c1-12-9-16(13(2)30(12)14-5-7-15(8-6-14)34-22(23,24)25)17(31)10-29-11-26-19-18(29)20(32)28(4)21(33)27(19)3/h5-9,11H,10H2,1-4H3. The Hall–Kier alpha value is -4.09. The highest BCUT2D eigenvalue weighted by Gasteiger charge is 2.31. The number of benzene rings is 1. The Balaban J connectivity index is 1.67. The van der Waals surface area contributed by atoms with Gasteiger partial charge in [-0.05, 0) is 44.2 Å². The SMILES string of the molecule is Cc1cc(C(=O)Cn2cnc3c2c(=O)n(C)c(=O)n3C)c(C)n1-c1ccc(OC(F)(F)F)cc1. The monoisotopic (exact) mass is 475 g/mol. The number of fused-ring (bicyclic) bond motifs is 1. The Kier molecular flexibility index (Phi) is 5.46. The molecule has 0 atom stereocenters. The number of hydrogen-bond acceptors (Lipinski definition) is 5.